The summed E-state index contributed by atoms with van der Waals surface area (Å²) in [5.74, 6) is -0.421. The second-order valence-electron chi connectivity index (χ2n) is 3.52. The molecule has 0 aromatic carbocycles. The maximum Gasteiger partial charge on any atom is 0.266 e. The first-order valence-electron chi connectivity index (χ1n) is 3.79. The highest BCUT2D eigenvalue weighted by atomic mass is 32.2. The van der Waals surface area contributed by atoms with E-state index in [0.717, 1.165) is 0 Å². The van der Waals surface area contributed by atoms with Crippen molar-refractivity contribution in [2.24, 2.45) is 15.5 Å². The van der Waals surface area contributed by atoms with E-state index in [1.54, 1.807) is 0 Å². The highest BCUT2D eigenvalue weighted by Crippen LogP contribution is 2.47. The minimum absolute atomic E-state index is 0.171. The first kappa shape index (κ1) is 10.6. The largest absolute Gasteiger partial charge is 0.392 e. The Morgan fingerprint density at radius 3 is 2.23 bits per heavy atom. The molecule has 13 heavy (non-hydrogen) atoms. The molecule has 1 aliphatic rings. The maximum absolute atomic E-state index is 11.5. The van der Waals surface area contributed by atoms with Gasteiger partial charge in [-0.15, -0.1) is 0 Å². The summed E-state index contributed by atoms with van der Waals surface area (Å²) >= 11 is 4.76. The van der Waals surface area contributed by atoms with E-state index in [9.17, 15) is 9.00 Å². The van der Waals surface area contributed by atoms with Crippen LogP contribution in [-0.2, 0) is 14.5 Å². The second-order valence-corrected chi connectivity index (χ2v) is 6.51. The molecule has 4 nitrogen and oxygen atoms in total. The van der Waals surface area contributed by atoms with Crippen molar-refractivity contribution in [3.63, 3.8) is 0 Å². The molecule has 2 N–H and O–H groups in total. The Hall–Kier alpha value is -0.490. The third-order valence-electron chi connectivity index (χ3n) is 1.93. The number of nitrogens with zero attached hydrogens (tertiary/aromatic N) is 1. The van der Waals surface area contributed by atoms with Crippen LogP contribution in [0.4, 0.5) is 0 Å². The Labute approximate surface area is 83.1 Å². The van der Waals surface area contributed by atoms with Crippen molar-refractivity contribution < 1.29 is 9.00 Å². The Kier molecular flexibility index (Phi) is 2.46. The molecule has 74 valence electrons. The summed E-state index contributed by atoms with van der Waals surface area (Å²) in [4.78, 5) is 11.6. The van der Waals surface area contributed by atoms with Gasteiger partial charge in [-0.3, -0.25) is 4.79 Å². The standard InChI is InChI=1S/C7H12N2O2S2/c1-13(2,11)9-6(10)7(3-4-7)5(8)12/h3-4H2,1-2H3,(H2,8,12). The molecule has 6 heteroatoms. The summed E-state index contributed by atoms with van der Waals surface area (Å²) in [6.45, 7) is 0. The van der Waals surface area contributed by atoms with Crippen molar-refractivity contribution in [1.82, 2.24) is 0 Å². The van der Waals surface area contributed by atoms with E-state index in [1.807, 2.05) is 0 Å². The van der Waals surface area contributed by atoms with E-state index >= 15 is 0 Å². The van der Waals surface area contributed by atoms with Gasteiger partial charge in [-0.05, 0) is 12.8 Å². The molecule has 0 aromatic rings. The van der Waals surface area contributed by atoms with Gasteiger partial charge in [0.05, 0.1) is 4.99 Å². The third-order valence-corrected chi connectivity index (χ3v) is 2.93. The Bertz CT molecular complexity index is 368. The molecule has 0 aromatic heterocycles. The molecule has 0 radical (unpaired) electrons. The lowest BCUT2D eigenvalue weighted by Gasteiger charge is -2.07. The molecule has 0 aliphatic heterocycles. The SMILES string of the molecule is CS(C)(=O)=NC(=O)C1(C(N)=S)CC1. The molecular formula is C7H12N2O2S2. The normalized spacial score (nSPS) is 19.2. The number of amides is 1. The molecule has 1 fully saturated rings. The first-order valence-corrected chi connectivity index (χ1v) is 6.53. The number of rotatable bonds is 2. The van der Waals surface area contributed by atoms with Gasteiger partial charge in [-0.2, -0.15) is 4.36 Å². The molecule has 0 unspecified atom stereocenters. The lowest BCUT2D eigenvalue weighted by atomic mass is 10.1. The fourth-order valence-corrected chi connectivity index (χ4v) is 1.84. The summed E-state index contributed by atoms with van der Waals surface area (Å²) in [5.41, 5.74) is 4.65. The van der Waals surface area contributed by atoms with Gasteiger partial charge in [0.2, 0.25) is 0 Å². The van der Waals surface area contributed by atoms with Crippen molar-refractivity contribution in [1.29, 1.82) is 0 Å². The van der Waals surface area contributed by atoms with Gasteiger partial charge in [-0.25, -0.2) is 4.21 Å². The molecule has 1 saturated carbocycles. The maximum atomic E-state index is 11.5. The molecule has 0 bridgehead atoms. The number of hydrogen-bond acceptors (Lipinski definition) is 3. The zero-order valence-electron chi connectivity index (χ0n) is 7.57. The third kappa shape index (κ3) is 2.25. The summed E-state index contributed by atoms with van der Waals surface area (Å²) < 4.78 is 14.8. The molecule has 0 spiro atoms. The minimum atomic E-state index is -2.39. The van der Waals surface area contributed by atoms with Crippen LogP contribution in [0.5, 0.6) is 0 Å². The van der Waals surface area contributed by atoms with E-state index < -0.39 is 21.1 Å². The number of carbonyl (C=O) groups excluding carboxylic acids is 1. The van der Waals surface area contributed by atoms with Gasteiger partial charge in [0.15, 0.2) is 0 Å². The van der Waals surface area contributed by atoms with Gasteiger partial charge in [0.25, 0.3) is 5.91 Å². The molecular weight excluding hydrogens is 208 g/mol. The molecule has 1 amide bonds. The Morgan fingerprint density at radius 1 is 1.54 bits per heavy atom. The van der Waals surface area contributed by atoms with E-state index in [2.05, 4.69) is 4.36 Å². The van der Waals surface area contributed by atoms with Gasteiger partial charge in [0, 0.05) is 22.2 Å². The molecule has 1 rings (SSSR count). The summed E-state index contributed by atoms with van der Waals surface area (Å²) in [5, 5.41) is 0. The van der Waals surface area contributed by atoms with Crippen LogP contribution in [0.15, 0.2) is 4.36 Å². The smallest absolute Gasteiger partial charge is 0.266 e. The quantitative estimate of drug-likeness (QED) is 0.680. The van der Waals surface area contributed by atoms with Crippen LogP contribution in [-0.4, -0.2) is 27.6 Å². The minimum Gasteiger partial charge on any atom is -0.392 e. The van der Waals surface area contributed by atoms with Gasteiger partial charge in [0.1, 0.15) is 5.41 Å². The topological polar surface area (TPSA) is 72.5 Å². The van der Waals surface area contributed by atoms with Crippen LogP contribution in [0, 0.1) is 5.41 Å². The van der Waals surface area contributed by atoms with Crippen LogP contribution in [0.2, 0.25) is 0 Å². The van der Waals surface area contributed by atoms with Crippen LogP contribution >= 0.6 is 12.2 Å². The van der Waals surface area contributed by atoms with Crippen LogP contribution in [0.3, 0.4) is 0 Å². The van der Waals surface area contributed by atoms with Crippen molar-refractivity contribution >= 4 is 32.8 Å². The second kappa shape index (κ2) is 3.02. The fraction of sp³-hybridized carbons (Fsp3) is 0.714. The van der Waals surface area contributed by atoms with Crippen molar-refractivity contribution in [2.45, 2.75) is 12.8 Å². The molecule has 0 saturated heterocycles. The van der Waals surface area contributed by atoms with Gasteiger partial charge < -0.3 is 5.73 Å². The van der Waals surface area contributed by atoms with Crippen LogP contribution < -0.4 is 5.73 Å². The monoisotopic (exact) mass is 220 g/mol. The van der Waals surface area contributed by atoms with Crippen molar-refractivity contribution in [2.75, 3.05) is 12.5 Å². The lowest BCUT2D eigenvalue weighted by molar-refractivity contribution is -0.120. The van der Waals surface area contributed by atoms with E-state index in [4.69, 9.17) is 18.0 Å². The number of hydrogen-bond donors (Lipinski definition) is 1. The average molecular weight is 220 g/mol. The van der Waals surface area contributed by atoms with Gasteiger partial charge >= 0.3 is 0 Å². The zero-order valence-corrected chi connectivity index (χ0v) is 9.20. The zero-order chi connectivity index (χ0) is 10.3. The summed E-state index contributed by atoms with van der Waals surface area (Å²) in [6.07, 6.45) is 4.11. The Morgan fingerprint density at radius 2 is 2.00 bits per heavy atom. The van der Waals surface area contributed by atoms with E-state index in [-0.39, 0.29) is 4.99 Å². The summed E-state index contributed by atoms with van der Waals surface area (Å²) in [7, 11) is -2.39. The van der Waals surface area contributed by atoms with Crippen molar-refractivity contribution in [3.05, 3.63) is 0 Å². The van der Waals surface area contributed by atoms with Crippen LogP contribution in [0.25, 0.3) is 0 Å². The number of carbonyl (C=O) groups is 1. The van der Waals surface area contributed by atoms with Crippen LogP contribution in [0.1, 0.15) is 12.8 Å². The Balaban J connectivity index is 2.94. The van der Waals surface area contributed by atoms with Gasteiger partial charge in [-0.1, -0.05) is 12.2 Å². The van der Waals surface area contributed by atoms with E-state index in [1.165, 1.54) is 12.5 Å². The van der Waals surface area contributed by atoms with E-state index in [0.29, 0.717) is 12.8 Å². The molecule has 0 heterocycles. The molecule has 0 atom stereocenters. The highest BCUT2D eigenvalue weighted by molar-refractivity contribution is 7.92. The highest BCUT2D eigenvalue weighted by Gasteiger charge is 2.53. The summed E-state index contributed by atoms with van der Waals surface area (Å²) in [6, 6.07) is 0. The molecule has 1 aliphatic carbocycles. The van der Waals surface area contributed by atoms with Crippen molar-refractivity contribution in [3.8, 4) is 0 Å². The average Bonchev–Trinajstić information content (AvgIpc) is 2.59. The lowest BCUT2D eigenvalue weighted by Crippen LogP contribution is -2.29. The predicted molar refractivity (Wildman–Crippen MR) is 55.9 cm³/mol. The fourth-order valence-electron chi connectivity index (χ4n) is 0.978. The number of nitrogens with two attached hydrogens (primary N) is 1. The predicted octanol–water partition coefficient (Wildman–Crippen LogP) is 0.307. The first-order chi connectivity index (χ1) is 5.78. The number of thiocarbonyl (C=S) groups is 1.